The van der Waals surface area contributed by atoms with E-state index in [-0.39, 0.29) is 17.1 Å². The minimum atomic E-state index is -4.72. The van der Waals surface area contributed by atoms with Crippen LogP contribution in [0.3, 0.4) is 0 Å². The molecule has 7 heteroatoms. The van der Waals surface area contributed by atoms with Crippen LogP contribution in [0.15, 0.2) is 65.1 Å². The second-order valence-corrected chi connectivity index (χ2v) is 7.06. The predicted molar refractivity (Wildman–Crippen MR) is 96.4 cm³/mol. The van der Waals surface area contributed by atoms with Crippen LogP contribution in [0.25, 0.3) is 0 Å². The summed E-state index contributed by atoms with van der Waals surface area (Å²) in [6, 6.07) is 6.23. The summed E-state index contributed by atoms with van der Waals surface area (Å²) in [4.78, 5) is 0.440. The van der Waals surface area contributed by atoms with E-state index >= 15 is 0 Å². The zero-order valence-corrected chi connectivity index (χ0v) is 14.9. The molecule has 0 bridgehead atoms. The molecule has 0 saturated carbocycles. The van der Waals surface area contributed by atoms with Gasteiger partial charge in [0.25, 0.3) is 0 Å². The van der Waals surface area contributed by atoms with Crippen molar-refractivity contribution in [3.05, 3.63) is 60.2 Å². The Morgan fingerprint density at radius 2 is 2.08 bits per heavy atom. The van der Waals surface area contributed by atoms with E-state index in [1.165, 1.54) is 23.9 Å². The monoisotopic (exact) mass is 383 g/mol. The third-order valence-electron chi connectivity index (χ3n) is 3.98. The van der Waals surface area contributed by atoms with Crippen molar-refractivity contribution in [1.82, 2.24) is 5.32 Å². The number of ether oxygens (including phenoxy) is 2. The molecule has 0 spiro atoms. The van der Waals surface area contributed by atoms with Crippen molar-refractivity contribution in [3.63, 3.8) is 0 Å². The Balaban J connectivity index is 1.87. The highest BCUT2D eigenvalue weighted by atomic mass is 32.2. The lowest BCUT2D eigenvalue weighted by Gasteiger charge is -2.32. The first-order valence-electron chi connectivity index (χ1n) is 8.40. The maximum absolute atomic E-state index is 12.7. The third-order valence-corrected chi connectivity index (χ3v) is 5.40. The summed E-state index contributed by atoms with van der Waals surface area (Å²) in [7, 11) is 0. The Kier molecular flexibility index (Phi) is 6.45. The SMILES string of the molecule is FC(F)(F)Oc1ccccc1SC(C1=CCC=CC=C1)C1CNCCO1. The Labute approximate surface area is 154 Å². The summed E-state index contributed by atoms with van der Waals surface area (Å²) in [5, 5.41) is 3.15. The Morgan fingerprint density at radius 1 is 1.23 bits per heavy atom. The molecule has 1 fully saturated rings. The highest BCUT2D eigenvalue weighted by Gasteiger charge is 2.34. The highest BCUT2D eigenvalue weighted by Crippen LogP contribution is 2.39. The zero-order chi connectivity index (χ0) is 18.4. The van der Waals surface area contributed by atoms with Crippen molar-refractivity contribution >= 4 is 11.8 Å². The molecule has 0 radical (unpaired) electrons. The number of rotatable bonds is 5. The molecule has 1 N–H and O–H groups in total. The number of halogens is 3. The van der Waals surface area contributed by atoms with Crippen LogP contribution < -0.4 is 10.1 Å². The first-order chi connectivity index (χ1) is 12.5. The van der Waals surface area contributed by atoms with E-state index in [1.54, 1.807) is 12.1 Å². The summed E-state index contributed by atoms with van der Waals surface area (Å²) < 4.78 is 48.3. The summed E-state index contributed by atoms with van der Waals surface area (Å²) in [6.45, 7) is 2.01. The Hall–Kier alpha value is -1.70. The van der Waals surface area contributed by atoms with E-state index in [0.29, 0.717) is 18.0 Å². The smallest absolute Gasteiger partial charge is 0.405 e. The largest absolute Gasteiger partial charge is 0.573 e. The van der Waals surface area contributed by atoms with Gasteiger partial charge in [-0.15, -0.1) is 24.9 Å². The van der Waals surface area contributed by atoms with Crippen LogP contribution in [-0.2, 0) is 4.74 Å². The number of hydrogen-bond acceptors (Lipinski definition) is 4. The number of para-hydroxylation sites is 1. The van der Waals surface area contributed by atoms with Gasteiger partial charge in [-0.05, 0) is 24.1 Å². The van der Waals surface area contributed by atoms with E-state index in [2.05, 4.69) is 16.1 Å². The van der Waals surface area contributed by atoms with E-state index < -0.39 is 6.36 Å². The maximum Gasteiger partial charge on any atom is 0.573 e. The fourth-order valence-corrected chi connectivity index (χ4v) is 4.13. The normalized spacial score (nSPS) is 21.8. The molecule has 0 aromatic heterocycles. The average molecular weight is 383 g/mol. The number of morpholine rings is 1. The number of nitrogens with one attached hydrogen (secondary N) is 1. The summed E-state index contributed by atoms with van der Waals surface area (Å²) >= 11 is 1.34. The molecule has 26 heavy (non-hydrogen) atoms. The first kappa shape index (κ1) is 19.1. The fourth-order valence-electron chi connectivity index (χ4n) is 2.84. The lowest BCUT2D eigenvalue weighted by atomic mass is 10.1. The molecule has 140 valence electrons. The average Bonchev–Trinajstić information content (AvgIpc) is 2.90. The van der Waals surface area contributed by atoms with Gasteiger partial charge in [-0.1, -0.05) is 42.5 Å². The highest BCUT2D eigenvalue weighted by molar-refractivity contribution is 8.00. The number of hydrogen-bond donors (Lipinski definition) is 1. The van der Waals surface area contributed by atoms with Gasteiger partial charge >= 0.3 is 6.36 Å². The molecule has 1 aromatic carbocycles. The van der Waals surface area contributed by atoms with Crippen molar-refractivity contribution in [2.75, 3.05) is 19.7 Å². The molecular formula is C19H20F3NO2S. The van der Waals surface area contributed by atoms with Crippen LogP contribution in [0.2, 0.25) is 0 Å². The van der Waals surface area contributed by atoms with Crippen LogP contribution in [0.1, 0.15) is 6.42 Å². The maximum atomic E-state index is 12.7. The standard InChI is InChI=1S/C19H20F3NO2S/c20-19(21,22)25-15-9-5-6-10-17(15)26-18(16-13-23-11-12-24-16)14-7-3-1-2-4-8-14/h1-3,5-10,16,18,23H,4,11-13H2. The van der Waals surface area contributed by atoms with Crippen LogP contribution >= 0.6 is 11.8 Å². The predicted octanol–water partition coefficient (Wildman–Crippen LogP) is 4.48. The third kappa shape index (κ3) is 5.40. The summed E-state index contributed by atoms with van der Waals surface area (Å²) in [6.07, 6.45) is 5.94. The van der Waals surface area contributed by atoms with Crippen LogP contribution in [0, 0.1) is 0 Å². The van der Waals surface area contributed by atoms with E-state index in [0.717, 1.165) is 18.5 Å². The summed E-state index contributed by atoms with van der Waals surface area (Å²) in [5.74, 6) is -0.185. The van der Waals surface area contributed by atoms with Gasteiger partial charge in [0.05, 0.1) is 22.9 Å². The number of thioether (sulfide) groups is 1. The van der Waals surface area contributed by atoms with Gasteiger partial charge < -0.3 is 14.8 Å². The molecule has 1 aliphatic heterocycles. The van der Waals surface area contributed by atoms with Crippen molar-refractivity contribution in [2.45, 2.75) is 29.0 Å². The molecule has 2 unspecified atom stereocenters. The lowest BCUT2D eigenvalue weighted by molar-refractivity contribution is -0.275. The molecule has 1 heterocycles. The molecule has 1 aliphatic carbocycles. The first-order valence-corrected chi connectivity index (χ1v) is 9.28. The minimum Gasteiger partial charge on any atom is -0.405 e. The van der Waals surface area contributed by atoms with Crippen LogP contribution in [0.4, 0.5) is 13.2 Å². The number of alkyl halides is 3. The lowest BCUT2D eigenvalue weighted by Crippen LogP contribution is -2.44. The van der Waals surface area contributed by atoms with E-state index in [4.69, 9.17) is 4.74 Å². The van der Waals surface area contributed by atoms with Gasteiger partial charge in [0, 0.05) is 13.1 Å². The van der Waals surface area contributed by atoms with Crippen molar-refractivity contribution in [2.24, 2.45) is 0 Å². The van der Waals surface area contributed by atoms with Gasteiger partial charge in [0.1, 0.15) is 5.75 Å². The van der Waals surface area contributed by atoms with Gasteiger partial charge in [-0.2, -0.15) is 0 Å². The van der Waals surface area contributed by atoms with Gasteiger partial charge in [-0.25, -0.2) is 0 Å². The second kappa shape index (κ2) is 8.79. The topological polar surface area (TPSA) is 30.5 Å². The van der Waals surface area contributed by atoms with Gasteiger partial charge in [0.2, 0.25) is 0 Å². The molecule has 2 atom stereocenters. The molecule has 3 nitrogen and oxygen atoms in total. The molecule has 2 aliphatic rings. The number of benzene rings is 1. The quantitative estimate of drug-likeness (QED) is 0.760. The molecular weight excluding hydrogens is 363 g/mol. The van der Waals surface area contributed by atoms with E-state index in [9.17, 15) is 13.2 Å². The van der Waals surface area contributed by atoms with Crippen LogP contribution in [-0.4, -0.2) is 37.4 Å². The van der Waals surface area contributed by atoms with E-state index in [1.807, 2.05) is 24.3 Å². The molecule has 3 rings (SSSR count). The van der Waals surface area contributed by atoms with Gasteiger partial charge in [-0.3, -0.25) is 0 Å². The molecule has 1 aromatic rings. The fraction of sp³-hybridized carbons (Fsp3) is 0.368. The second-order valence-electron chi connectivity index (χ2n) is 5.87. The summed E-state index contributed by atoms with van der Waals surface area (Å²) in [5.41, 5.74) is 1.04. The van der Waals surface area contributed by atoms with Gasteiger partial charge in [0.15, 0.2) is 0 Å². The van der Waals surface area contributed by atoms with Crippen LogP contribution in [0.5, 0.6) is 5.75 Å². The Bertz CT molecular complexity index is 694. The molecule has 1 saturated heterocycles. The zero-order valence-electron chi connectivity index (χ0n) is 14.0. The molecule has 0 amide bonds. The minimum absolute atomic E-state index is 0.137. The Morgan fingerprint density at radius 3 is 2.85 bits per heavy atom. The van der Waals surface area contributed by atoms with Crippen molar-refractivity contribution in [3.8, 4) is 5.75 Å². The van der Waals surface area contributed by atoms with Crippen molar-refractivity contribution < 1.29 is 22.6 Å². The van der Waals surface area contributed by atoms with Crippen molar-refractivity contribution in [1.29, 1.82) is 0 Å². The number of allylic oxidation sites excluding steroid dienone is 5.